The Morgan fingerprint density at radius 2 is 1.69 bits per heavy atom. The van der Waals surface area contributed by atoms with Gasteiger partial charge < -0.3 is 4.74 Å². The quantitative estimate of drug-likeness (QED) is 0.774. The molecule has 0 unspecified atom stereocenters. The second-order valence-corrected chi connectivity index (χ2v) is 3.71. The molecule has 2 nitrogen and oxygen atoms in total. The highest BCUT2D eigenvalue weighted by molar-refractivity contribution is 5.20. The summed E-state index contributed by atoms with van der Waals surface area (Å²) in [4.78, 5) is 2.46. The predicted molar refractivity (Wildman–Crippen MR) is 69.0 cm³/mol. The van der Waals surface area contributed by atoms with E-state index in [9.17, 15) is 0 Å². The number of hydrogen-bond acceptors (Lipinski definition) is 2. The van der Waals surface area contributed by atoms with Crippen LogP contribution in [-0.4, -0.2) is 31.1 Å². The molecular formula is C14H23NO. The van der Waals surface area contributed by atoms with Gasteiger partial charge >= 0.3 is 0 Å². The standard InChI is InChI=1S/C12H17NO.C2H6/c1-2-6-12(7-3-1)14-11-10-13-8-4-5-9-13;1-2/h1-3,6-7H,4-5,8-11H2;1-2H3. The summed E-state index contributed by atoms with van der Waals surface area (Å²) in [7, 11) is 0. The van der Waals surface area contributed by atoms with E-state index < -0.39 is 0 Å². The Kier molecular flexibility index (Phi) is 6.66. The van der Waals surface area contributed by atoms with Crippen molar-refractivity contribution in [3.8, 4) is 5.75 Å². The molecule has 0 aromatic heterocycles. The maximum Gasteiger partial charge on any atom is 0.119 e. The van der Waals surface area contributed by atoms with Crippen LogP contribution in [0.15, 0.2) is 30.3 Å². The summed E-state index contributed by atoms with van der Waals surface area (Å²) in [6.07, 6.45) is 2.71. The van der Waals surface area contributed by atoms with Crippen LogP contribution in [-0.2, 0) is 0 Å². The van der Waals surface area contributed by atoms with Crippen LogP contribution in [0, 0.1) is 0 Å². The average Bonchev–Trinajstić information content (AvgIpc) is 2.86. The second-order valence-electron chi connectivity index (χ2n) is 3.71. The minimum absolute atomic E-state index is 0.810. The van der Waals surface area contributed by atoms with Crippen LogP contribution in [0.4, 0.5) is 0 Å². The minimum atomic E-state index is 0.810. The van der Waals surface area contributed by atoms with E-state index in [0.717, 1.165) is 18.9 Å². The maximum absolute atomic E-state index is 5.63. The molecule has 1 heterocycles. The molecule has 0 atom stereocenters. The van der Waals surface area contributed by atoms with Gasteiger partial charge in [-0.05, 0) is 38.1 Å². The summed E-state index contributed by atoms with van der Waals surface area (Å²) in [6.45, 7) is 8.37. The fraction of sp³-hybridized carbons (Fsp3) is 0.571. The average molecular weight is 221 g/mol. The molecule has 2 rings (SSSR count). The second kappa shape index (κ2) is 8.17. The number of nitrogens with zero attached hydrogens (tertiary/aromatic N) is 1. The molecule has 2 heteroatoms. The number of ether oxygens (including phenoxy) is 1. The summed E-state index contributed by atoms with van der Waals surface area (Å²) in [6, 6.07) is 10.0. The van der Waals surface area contributed by atoms with Crippen molar-refractivity contribution in [2.24, 2.45) is 0 Å². The van der Waals surface area contributed by atoms with E-state index in [1.807, 2.05) is 44.2 Å². The van der Waals surface area contributed by atoms with Gasteiger partial charge in [0.25, 0.3) is 0 Å². The normalized spacial score (nSPS) is 15.4. The molecule has 1 aromatic carbocycles. The first-order valence-corrected chi connectivity index (χ1v) is 6.35. The van der Waals surface area contributed by atoms with Crippen LogP contribution in [0.25, 0.3) is 0 Å². The largest absolute Gasteiger partial charge is 0.492 e. The third kappa shape index (κ3) is 4.67. The van der Waals surface area contributed by atoms with Crippen LogP contribution in [0.2, 0.25) is 0 Å². The predicted octanol–water partition coefficient (Wildman–Crippen LogP) is 3.19. The third-order valence-corrected chi connectivity index (χ3v) is 2.62. The topological polar surface area (TPSA) is 12.5 Å². The van der Waals surface area contributed by atoms with Gasteiger partial charge in [0.1, 0.15) is 12.4 Å². The van der Waals surface area contributed by atoms with Crippen molar-refractivity contribution < 1.29 is 4.74 Å². The summed E-state index contributed by atoms with van der Waals surface area (Å²) >= 11 is 0. The molecule has 0 bridgehead atoms. The van der Waals surface area contributed by atoms with Gasteiger partial charge in [-0.2, -0.15) is 0 Å². The lowest BCUT2D eigenvalue weighted by Gasteiger charge is -2.14. The van der Waals surface area contributed by atoms with Crippen molar-refractivity contribution in [1.29, 1.82) is 0 Å². The minimum Gasteiger partial charge on any atom is -0.492 e. The third-order valence-electron chi connectivity index (χ3n) is 2.62. The molecule has 90 valence electrons. The smallest absolute Gasteiger partial charge is 0.119 e. The molecule has 0 aliphatic carbocycles. The lowest BCUT2D eigenvalue weighted by molar-refractivity contribution is 0.238. The van der Waals surface area contributed by atoms with Gasteiger partial charge in [-0.3, -0.25) is 4.90 Å². The Labute approximate surface area is 99.2 Å². The van der Waals surface area contributed by atoms with Gasteiger partial charge in [-0.15, -0.1) is 0 Å². The Morgan fingerprint density at radius 1 is 1.06 bits per heavy atom. The molecular weight excluding hydrogens is 198 g/mol. The van der Waals surface area contributed by atoms with E-state index in [-0.39, 0.29) is 0 Å². The van der Waals surface area contributed by atoms with Crippen LogP contribution < -0.4 is 4.74 Å². The molecule has 1 aliphatic rings. The van der Waals surface area contributed by atoms with Crippen LogP contribution in [0.1, 0.15) is 26.7 Å². The SMILES string of the molecule is CC.c1ccc(OCCN2CCCC2)cc1. The molecule has 1 fully saturated rings. The van der Waals surface area contributed by atoms with Crippen LogP contribution >= 0.6 is 0 Å². The molecule has 0 N–H and O–H groups in total. The first-order chi connectivity index (χ1) is 7.95. The van der Waals surface area contributed by atoms with Gasteiger partial charge in [-0.1, -0.05) is 32.0 Å². The Hall–Kier alpha value is -1.02. The Morgan fingerprint density at radius 3 is 2.31 bits per heavy atom. The van der Waals surface area contributed by atoms with E-state index in [1.165, 1.54) is 25.9 Å². The summed E-state index contributed by atoms with van der Waals surface area (Å²) in [5.74, 6) is 0.978. The molecule has 1 aromatic rings. The van der Waals surface area contributed by atoms with Crippen LogP contribution in [0.5, 0.6) is 5.75 Å². The number of likely N-dealkylation sites (tertiary alicyclic amines) is 1. The zero-order valence-corrected chi connectivity index (χ0v) is 10.5. The van der Waals surface area contributed by atoms with Crippen molar-refractivity contribution in [2.45, 2.75) is 26.7 Å². The van der Waals surface area contributed by atoms with E-state index in [1.54, 1.807) is 0 Å². The zero-order valence-electron chi connectivity index (χ0n) is 10.5. The first-order valence-electron chi connectivity index (χ1n) is 6.35. The van der Waals surface area contributed by atoms with Gasteiger partial charge in [0, 0.05) is 6.54 Å². The van der Waals surface area contributed by atoms with E-state index >= 15 is 0 Å². The first kappa shape index (κ1) is 13.0. The summed E-state index contributed by atoms with van der Waals surface area (Å²) < 4.78 is 5.63. The van der Waals surface area contributed by atoms with Crippen molar-refractivity contribution >= 4 is 0 Å². The highest BCUT2D eigenvalue weighted by Gasteiger charge is 2.10. The lowest BCUT2D eigenvalue weighted by atomic mass is 10.3. The highest BCUT2D eigenvalue weighted by Crippen LogP contribution is 2.09. The molecule has 16 heavy (non-hydrogen) atoms. The summed E-state index contributed by atoms with van der Waals surface area (Å²) in [5, 5.41) is 0. The molecule has 1 aliphatic heterocycles. The Balaban J connectivity index is 0.000000606. The molecule has 0 saturated carbocycles. The van der Waals surface area contributed by atoms with Crippen molar-refractivity contribution in [1.82, 2.24) is 4.90 Å². The maximum atomic E-state index is 5.63. The van der Waals surface area contributed by atoms with Crippen molar-refractivity contribution in [2.75, 3.05) is 26.2 Å². The van der Waals surface area contributed by atoms with E-state index in [4.69, 9.17) is 4.74 Å². The van der Waals surface area contributed by atoms with Gasteiger partial charge in [-0.25, -0.2) is 0 Å². The monoisotopic (exact) mass is 221 g/mol. The zero-order chi connectivity index (χ0) is 11.6. The number of rotatable bonds is 4. The number of para-hydroxylation sites is 1. The lowest BCUT2D eigenvalue weighted by Crippen LogP contribution is -2.25. The van der Waals surface area contributed by atoms with Crippen LogP contribution in [0.3, 0.4) is 0 Å². The molecule has 0 spiro atoms. The van der Waals surface area contributed by atoms with Crippen molar-refractivity contribution in [3.63, 3.8) is 0 Å². The van der Waals surface area contributed by atoms with E-state index in [2.05, 4.69) is 4.90 Å². The van der Waals surface area contributed by atoms with Gasteiger partial charge in [0.05, 0.1) is 0 Å². The molecule has 1 saturated heterocycles. The number of hydrogen-bond donors (Lipinski definition) is 0. The van der Waals surface area contributed by atoms with Gasteiger partial charge in [0.15, 0.2) is 0 Å². The fourth-order valence-electron chi connectivity index (χ4n) is 1.82. The van der Waals surface area contributed by atoms with E-state index in [0.29, 0.717) is 0 Å². The Bertz CT molecular complexity index is 255. The molecule has 0 amide bonds. The highest BCUT2D eigenvalue weighted by atomic mass is 16.5. The summed E-state index contributed by atoms with van der Waals surface area (Å²) in [5.41, 5.74) is 0. The fourth-order valence-corrected chi connectivity index (χ4v) is 1.82. The van der Waals surface area contributed by atoms with Gasteiger partial charge in [0.2, 0.25) is 0 Å². The van der Waals surface area contributed by atoms with Crippen molar-refractivity contribution in [3.05, 3.63) is 30.3 Å². The number of benzene rings is 1. The molecule has 0 radical (unpaired) electrons.